The number of guanidine groups is 1. The molecule has 0 heterocycles. The molecule has 0 aliphatic heterocycles. The molecule has 0 amide bonds. The molecule has 0 radical (unpaired) electrons. The number of hydrogen-bond donors (Lipinski definition) is 2. The Morgan fingerprint density at radius 1 is 1.32 bits per heavy atom. The fourth-order valence-corrected chi connectivity index (χ4v) is 1.54. The molecule has 19 heavy (non-hydrogen) atoms. The number of nitrogens with zero attached hydrogens (tertiary/aromatic N) is 1. The van der Waals surface area contributed by atoms with E-state index < -0.39 is 0 Å². The second-order valence-electron chi connectivity index (χ2n) is 4.22. The van der Waals surface area contributed by atoms with Crippen LogP contribution in [0, 0.1) is 5.92 Å². The molecule has 0 saturated carbocycles. The summed E-state index contributed by atoms with van der Waals surface area (Å²) >= 11 is 0. The maximum atomic E-state index is 11.3. The van der Waals surface area contributed by atoms with Crippen LogP contribution in [0.3, 0.4) is 0 Å². The Morgan fingerprint density at radius 3 is 2.58 bits per heavy atom. The highest BCUT2D eigenvalue weighted by Gasteiger charge is 2.13. The summed E-state index contributed by atoms with van der Waals surface area (Å²) in [6.45, 7) is 2.98. The van der Waals surface area contributed by atoms with Crippen molar-refractivity contribution in [2.45, 2.75) is 13.5 Å². The molecule has 1 rings (SSSR count). The van der Waals surface area contributed by atoms with Gasteiger partial charge in [0.15, 0.2) is 5.96 Å². The molecule has 0 spiro atoms. The van der Waals surface area contributed by atoms with Crippen molar-refractivity contribution in [2.75, 3.05) is 20.7 Å². The molecule has 0 saturated heterocycles. The molecule has 1 aromatic carbocycles. The van der Waals surface area contributed by atoms with Crippen molar-refractivity contribution in [3.05, 3.63) is 35.9 Å². The molecule has 2 N–H and O–H groups in total. The van der Waals surface area contributed by atoms with Crippen LogP contribution in [0.1, 0.15) is 12.5 Å². The fourth-order valence-electron chi connectivity index (χ4n) is 1.54. The highest BCUT2D eigenvalue weighted by Crippen LogP contribution is 1.98. The topological polar surface area (TPSA) is 62.7 Å². The first-order valence-corrected chi connectivity index (χ1v) is 6.23. The number of esters is 1. The number of nitrogens with one attached hydrogen (secondary N) is 2. The van der Waals surface area contributed by atoms with E-state index in [2.05, 4.69) is 20.4 Å². The predicted octanol–water partition coefficient (Wildman–Crippen LogP) is 1.16. The van der Waals surface area contributed by atoms with Crippen molar-refractivity contribution in [1.29, 1.82) is 0 Å². The average Bonchev–Trinajstić information content (AvgIpc) is 2.47. The standard InChI is InChI=1S/C14H21N3O2/c1-11(13(18)19-3)9-16-14(15-2)17-10-12-7-5-4-6-8-12/h4-8,11H,9-10H2,1-3H3,(H2,15,16,17). The number of rotatable bonds is 5. The summed E-state index contributed by atoms with van der Waals surface area (Å²) in [4.78, 5) is 15.4. The Kier molecular flexibility index (Phi) is 6.43. The number of hydrogen-bond acceptors (Lipinski definition) is 3. The Hall–Kier alpha value is -2.04. The van der Waals surface area contributed by atoms with Crippen LogP contribution >= 0.6 is 0 Å². The van der Waals surface area contributed by atoms with E-state index in [0.717, 1.165) is 0 Å². The molecule has 5 nitrogen and oxygen atoms in total. The Bertz CT molecular complexity index is 418. The van der Waals surface area contributed by atoms with E-state index in [0.29, 0.717) is 19.0 Å². The summed E-state index contributed by atoms with van der Waals surface area (Å²) in [6.07, 6.45) is 0. The smallest absolute Gasteiger partial charge is 0.310 e. The second kappa shape index (κ2) is 8.13. The van der Waals surface area contributed by atoms with Gasteiger partial charge in [0, 0.05) is 20.1 Å². The third-order valence-electron chi connectivity index (χ3n) is 2.71. The molecule has 104 valence electrons. The van der Waals surface area contributed by atoms with Crippen LogP contribution < -0.4 is 10.6 Å². The van der Waals surface area contributed by atoms with E-state index in [-0.39, 0.29) is 11.9 Å². The lowest BCUT2D eigenvalue weighted by Gasteiger charge is -2.14. The average molecular weight is 263 g/mol. The van der Waals surface area contributed by atoms with Crippen molar-refractivity contribution in [1.82, 2.24) is 10.6 Å². The highest BCUT2D eigenvalue weighted by molar-refractivity contribution is 5.80. The van der Waals surface area contributed by atoms with Gasteiger partial charge < -0.3 is 15.4 Å². The van der Waals surface area contributed by atoms with Gasteiger partial charge in [0.05, 0.1) is 13.0 Å². The summed E-state index contributed by atoms with van der Waals surface area (Å²) < 4.78 is 4.67. The number of benzene rings is 1. The van der Waals surface area contributed by atoms with Gasteiger partial charge in [0.1, 0.15) is 0 Å². The van der Waals surface area contributed by atoms with Crippen molar-refractivity contribution in [3.8, 4) is 0 Å². The quantitative estimate of drug-likeness (QED) is 0.475. The summed E-state index contributed by atoms with van der Waals surface area (Å²) in [7, 11) is 3.09. The largest absolute Gasteiger partial charge is 0.469 e. The highest BCUT2D eigenvalue weighted by atomic mass is 16.5. The zero-order chi connectivity index (χ0) is 14.1. The zero-order valence-electron chi connectivity index (χ0n) is 11.6. The predicted molar refractivity (Wildman–Crippen MR) is 75.8 cm³/mol. The lowest BCUT2D eigenvalue weighted by Crippen LogP contribution is -2.40. The van der Waals surface area contributed by atoms with Crippen LogP contribution in [0.4, 0.5) is 0 Å². The van der Waals surface area contributed by atoms with Crippen LogP contribution in [0.15, 0.2) is 35.3 Å². The lowest BCUT2D eigenvalue weighted by molar-refractivity contribution is -0.144. The van der Waals surface area contributed by atoms with Gasteiger partial charge in [0.2, 0.25) is 0 Å². The minimum atomic E-state index is -0.231. The van der Waals surface area contributed by atoms with E-state index in [1.807, 2.05) is 37.3 Å². The molecular formula is C14H21N3O2. The van der Waals surface area contributed by atoms with Crippen LogP contribution in [-0.4, -0.2) is 32.6 Å². The molecule has 0 bridgehead atoms. The molecule has 0 fully saturated rings. The van der Waals surface area contributed by atoms with Gasteiger partial charge in [-0.3, -0.25) is 9.79 Å². The van der Waals surface area contributed by atoms with Crippen LogP contribution in [-0.2, 0) is 16.1 Å². The summed E-state index contributed by atoms with van der Waals surface area (Å²) in [6, 6.07) is 10.0. The number of aliphatic imine (C=N–C) groups is 1. The minimum absolute atomic E-state index is 0.208. The Morgan fingerprint density at radius 2 is 2.00 bits per heavy atom. The molecule has 1 atom stereocenters. The number of ether oxygens (including phenoxy) is 1. The van der Waals surface area contributed by atoms with Crippen molar-refractivity contribution in [2.24, 2.45) is 10.9 Å². The third kappa shape index (κ3) is 5.42. The Labute approximate surface area is 114 Å². The fraction of sp³-hybridized carbons (Fsp3) is 0.429. The molecule has 1 unspecified atom stereocenters. The van der Waals surface area contributed by atoms with Gasteiger partial charge in [-0.15, -0.1) is 0 Å². The van der Waals surface area contributed by atoms with Crippen LogP contribution in [0.25, 0.3) is 0 Å². The van der Waals surface area contributed by atoms with Gasteiger partial charge >= 0.3 is 5.97 Å². The first kappa shape index (κ1) is 15.0. The number of methoxy groups -OCH3 is 1. The van der Waals surface area contributed by atoms with E-state index in [1.165, 1.54) is 12.7 Å². The minimum Gasteiger partial charge on any atom is -0.469 e. The molecule has 5 heteroatoms. The van der Waals surface area contributed by atoms with E-state index in [1.54, 1.807) is 7.05 Å². The maximum Gasteiger partial charge on any atom is 0.310 e. The van der Waals surface area contributed by atoms with E-state index in [9.17, 15) is 4.79 Å². The zero-order valence-corrected chi connectivity index (χ0v) is 11.6. The first-order valence-electron chi connectivity index (χ1n) is 6.23. The molecule has 0 aliphatic carbocycles. The van der Waals surface area contributed by atoms with Gasteiger partial charge in [-0.2, -0.15) is 0 Å². The van der Waals surface area contributed by atoms with Gasteiger partial charge in [-0.1, -0.05) is 37.3 Å². The van der Waals surface area contributed by atoms with E-state index in [4.69, 9.17) is 0 Å². The SMILES string of the molecule is CN=C(NCc1ccccc1)NCC(C)C(=O)OC. The molecular weight excluding hydrogens is 242 g/mol. The number of carbonyl (C=O) groups excluding carboxylic acids is 1. The molecule has 0 aliphatic rings. The van der Waals surface area contributed by atoms with Crippen molar-refractivity contribution >= 4 is 11.9 Å². The Balaban J connectivity index is 2.37. The van der Waals surface area contributed by atoms with Crippen molar-refractivity contribution < 1.29 is 9.53 Å². The monoisotopic (exact) mass is 263 g/mol. The first-order chi connectivity index (χ1) is 9.17. The van der Waals surface area contributed by atoms with Gasteiger partial charge in [-0.25, -0.2) is 0 Å². The second-order valence-corrected chi connectivity index (χ2v) is 4.22. The summed E-state index contributed by atoms with van der Waals surface area (Å²) in [5.74, 6) is 0.228. The van der Waals surface area contributed by atoms with Crippen LogP contribution in [0.2, 0.25) is 0 Å². The lowest BCUT2D eigenvalue weighted by atomic mass is 10.2. The van der Waals surface area contributed by atoms with Gasteiger partial charge in [-0.05, 0) is 5.56 Å². The molecule has 0 aromatic heterocycles. The molecule has 1 aromatic rings. The number of carbonyl (C=O) groups is 1. The normalized spacial score (nSPS) is 12.7. The van der Waals surface area contributed by atoms with Gasteiger partial charge in [0.25, 0.3) is 0 Å². The third-order valence-corrected chi connectivity index (χ3v) is 2.71. The van der Waals surface area contributed by atoms with E-state index >= 15 is 0 Å². The summed E-state index contributed by atoms with van der Waals surface area (Å²) in [5.41, 5.74) is 1.17. The van der Waals surface area contributed by atoms with Crippen LogP contribution in [0.5, 0.6) is 0 Å². The summed E-state index contributed by atoms with van der Waals surface area (Å²) in [5, 5.41) is 6.28. The maximum absolute atomic E-state index is 11.3. The van der Waals surface area contributed by atoms with Crippen molar-refractivity contribution in [3.63, 3.8) is 0 Å².